The zero-order chi connectivity index (χ0) is 8.31. The lowest BCUT2D eigenvalue weighted by Gasteiger charge is -2.01. The topological polar surface area (TPSA) is 54.4 Å². The van der Waals surface area contributed by atoms with Gasteiger partial charge in [-0.3, -0.25) is 9.59 Å². The van der Waals surface area contributed by atoms with Crippen LogP contribution in [0.25, 0.3) is 0 Å². The Morgan fingerprint density at radius 1 is 1.20 bits per heavy atom. The molecular weight excluding hydrogens is 202 g/mol. The molecule has 0 rings (SSSR count). The first-order chi connectivity index (χ1) is 4.46. The zero-order valence-electron chi connectivity index (χ0n) is 4.55. The number of rotatable bonds is 3. The Kier molecular flexibility index (Phi) is 4.01. The van der Waals surface area contributed by atoms with Crippen LogP contribution in [0, 0.1) is 0 Å². The summed E-state index contributed by atoms with van der Waals surface area (Å²) in [6.07, 6.45) is 0. The molecule has 0 amide bonds. The van der Waals surface area contributed by atoms with Gasteiger partial charge < -0.3 is 5.11 Å². The number of hydrogen-bond acceptors (Lipinski definition) is 2. The van der Waals surface area contributed by atoms with E-state index in [0.29, 0.717) is 0 Å². The summed E-state index contributed by atoms with van der Waals surface area (Å²) in [6, 6.07) is 0. The van der Waals surface area contributed by atoms with Gasteiger partial charge in [0.15, 0.2) is 16.0 Å². The highest BCUT2D eigenvalue weighted by molar-refractivity contribution is 6.58. The van der Waals surface area contributed by atoms with Gasteiger partial charge in [0, 0.05) is 0 Å². The van der Waals surface area contributed by atoms with E-state index in [1.807, 2.05) is 0 Å². The van der Waals surface area contributed by atoms with Crippen LogP contribution >= 0.6 is 34.8 Å². The van der Waals surface area contributed by atoms with Crippen LogP contribution in [0.1, 0.15) is 0 Å². The van der Waals surface area contributed by atoms with Crippen molar-refractivity contribution in [1.82, 2.24) is 0 Å². The summed E-state index contributed by atoms with van der Waals surface area (Å²) in [6.45, 7) is 0. The first-order valence-electron chi connectivity index (χ1n) is 2.15. The second kappa shape index (κ2) is 4.01. The zero-order valence-corrected chi connectivity index (χ0v) is 6.82. The maximum Gasteiger partial charge on any atom is 0.329 e. The van der Waals surface area contributed by atoms with Gasteiger partial charge in [0.2, 0.25) is 0 Å². The van der Waals surface area contributed by atoms with Crippen molar-refractivity contribution in [2.24, 2.45) is 0 Å². The molecule has 0 aliphatic carbocycles. The summed E-state index contributed by atoms with van der Waals surface area (Å²) in [4.78, 5) is 19.1. The molecule has 0 saturated carbocycles. The Bertz CT molecular complexity index is 156. The third-order valence-corrected chi connectivity index (χ3v) is 1.51. The van der Waals surface area contributed by atoms with Crippen LogP contribution in [0.2, 0.25) is 0 Å². The highest BCUT2D eigenvalue weighted by atomic mass is 35.5. The minimum Gasteiger partial charge on any atom is -0.480 e. The molecule has 3 nitrogen and oxygen atoms in total. The Morgan fingerprint density at radius 3 is 1.70 bits per heavy atom. The van der Waals surface area contributed by atoms with E-state index in [-0.39, 0.29) is 0 Å². The second-order valence-electron chi connectivity index (χ2n) is 1.40. The highest BCUT2D eigenvalue weighted by Gasteiger charge is 2.27. The Labute approximate surface area is 71.9 Å². The molecule has 1 N–H and O–H groups in total. The molecule has 0 aromatic carbocycles. The number of ketones is 1. The Balaban J connectivity index is 4.08. The van der Waals surface area contributed by atoms with Gasteiger partial charge in [0.1, 0.15) is 0 Å². The lowest BCUT2D eigenvalue weighted by atomic mass is 10.3. The fraction of sp³-hybridized carbons (Fsp3) is 0.500. The number of carbonyl (C=O) groups is 2. The van der Waals surface area contributed by atoms with Crippen LogP contribution in [0.3, 0.4) is 0 Å². The lowest BCUT2D eigenvalue weighted by molar-refractivity contribution is -0.139. The monoisotopic (exact) mass is 204 g/mol. The average Bonchev–Trinajstić information content (AvgIpc) is 1.84. The number of carboxylic acid groups (broad SMARTS) is 1. The number of aliphatic carboxylic acids is 1. The van der Waals surface area contributed by atoms with Crippen LogP contribution in [-0.4, -0.2) is 27.1 Å². The van der Waals surface area contributed by atoms with E-state index in [0.717, 1.165) is 0 Å². The first kappa shape index (κ1) is 10.0. The Hall–Kier alpha value is 0.01000. The number of Topliss-reactive ketones (excluding diaryl/α,β-unsaturated/α-hetero) is 1. The third kappa shape index (κ3) is 2.73. The summed E-state index contributed by atoms with van der Waals surface area (Å²) in [5, 5.41) is 6.48. The molecule has 0 spiro atoms. The molecule has 0 saturated heterocycles. The maximum absolute atomic E-state index is 10.5. The van der Waals surface area contributed by atoms with Crippen molar-refractivity contribution in [3.8, 4) is 0 Å². The number of halogens is 3. The molecular formula is C4H3Cl3O3. The van der Waals surface area contributed by atoms with Gasteiger partial charge in [0.05, 0.1) is 0 Å². The standard InChI is InChI=1S/C4H3Cl3O3/c5-1(4(9)10)2(8)3(6)7/h1,3H,(H,9,10). The summed E-state index contributed by atoms with van der Waals surface area (Å²) in [7, 11) is 0. The summed E-state index contributed by atoms with van der Waals surface area (Å²) >= 11 is 15.1. The summed E-state index contributed by atoms with van der Waals surface area (Å²) in [5.41, 5.74) is 0. The summed E-state index contributed by atoms with van der Waals surface area (Å²) in [5.74, 6) is -2.37. The fourth-order valence-electron chi connectivity index (χ4n) is 0.232. The van der Waals surface area contributed by atoms with E-state index in [1.54, 1.807) is 0 Å². The molecule has 0 radical (unpaired) electrons. The van der Waals surface area contributed by atoms with Crippen molar-refractivity contribution in [3.63, 3.8) is 0 Å². The maximum atomic E-state index is 10.5. The molecule has 0 aliphatic rings. The molecule has 0 aromatic heterocycles. The van der Waals surface area contributed by atoms with E-state index < -0.39 is 22.0 Å². The molecule has 58 valence electrons. The number of carbonyl (C=O) groups excluding carboxylic acids is 1. The van der Waals surface area contributed by atoms with Crippen molar-refractivity contribution in [1.29, 1.82) is 0 Å². The lowest BCUT2D eigenvalue weighted by Crippen LogP contribution is -2.28. The third-order valence-electron chi connectivity index (χ3n) is 0.682. The normalized spacial score (nSPS) is 13.2. The van der Waals surface area contributed by atoms with Crippen molar-refractivity contribution in [3.05, 3.63) is 0 Å². The van der Waals surface area contributed by atoms with Crippen LogP contribution < -0.4 is 0 Å². The Morgan fingerprint density at radius 2 is 1.60 bits per heavy atom. The van der Waals surface area contributed by atoms with Crippen LogP contribution in [0.4, 0.5) is 0 Å². The molecule has 1 atom stereocenters. The number of hydrogen-bond donors (Lipinski definition) is 1. The quantitative estimate of drug-likeness (QED) is 0.553. The molecule has 0 aliphatic heterocycles. The minimum atomic E-state index is -1.65. The van der Waals surface area contributed by atoms with Gasteiger partial charge >= 0.3 is 5.97 Å². The van der Waals surface area contributed by atoms with Crippen molar-refractivity contribution in [2.45, 2.75) is 10.2 Å². The van der Waals surface area contributed by atoms with Crippen molar-refractivity contribution in [2.75, 3.05) is 0 Å². The van der Waals surface area contributed by atoms with E-state index in [9.17, 15) is 9.59 Å². The molecule has 6 heteroatoms. The highest BCUT2D eigenvalue weighted by Crippen LogP contribution is 2.10. The fourth-order valence-corrected chi connectivity index (χ4v) is 0.739. The second-order valence-corrected chi connectivity index (χ2v) is 2.94. The SMILES string of the molecule is O=C(O)C(Cl)C(=O)C(Cl)Cl. The van der Waals surface area contributed by atoms with E-state index >= 15 is 0 Å². The molecule has 1 unspecified atom stereocenters. The van der Waals surface area contributed by atoms with Crippen LogP contribution in [0.15, 0.2) is 0 Å². The predicted molar refractivity (Wildman–Crippen MR) is 37.8 cm³/mol. The van der Waals surface area contributed by atoms with Crippen LogP contribution in [-0.2, 0) is 9.59 Å². The van der Waals surface area contributed by atoms with E-state index in [2.05, 4.69) is 0 Å². The van der Waals surface area contributed by atoms with Crippen LogP contribution in [0.5, 0.6) is 0 Å². The summed E-state index contributed by atoms with van der Waals surface area (Å²) < 4.78 is 0. The largest absolute Gasteiger partial charge is 0.480 e. The first-order valence-corrected chi connectivity index (χ1v) is 3.46. The van der Waals surface area contributed by atoms with Gasteiger partial charge in [-0.15, -0.1) is 11.6 Å². The average molecular weight is 205 g/mol. The predicted octanol–water partition coefficient (Wildman–Crippen LogP) is 1.05. The van der Waals surface area contributed by atoms with Gasteiger partial charge in [-0.25, -0.2) is 0 Å². The number of alkyl halides is 3. The van der Waals surface area contributed by atoms with E-state index in [4.69, 9.17) is 39.9 Å². The van der Waals surface area contributed by atoms with Crippen molar-refractivity contribution < 1.29 is 14.7 Å². The van der Waals surface area contributed by atoms with Gasteiger partial charge in [0.25, 0.3) is 0 Å². The molecule has 0 aromatic rings. The molecule has 0 fully saturated rings. The van der Waals surface area contributed by atoms with E-state index in [1.165, 1.54) is 0 Å². The smallest absolute Gasteiger partial charge is 0.329 e. The van der Waals surface area contributed by atoms with Crippen molar-refractivity contribution >= 4 is 46.6 Å². The van der Waals surface area contributed by atoms with Gasteiger partial charge in [-0.1, -0.05) is 23.2 Å². The minimum absolute atomic E-state index is 0.919. The molecule has 0 bridgehead atoms. The molecule has 0 heterocycles. The van der Waals surface area contributed by atoms with Gasteiger partial charge in [-0.05, 0) is 0 Å². The van der Waals surface area contributed by atoms with Gasteiger partial charge in [-0.2, -0.15) is 0 Å². The number of carboxylic acids is 1. The molecule has 10 heavy (non-hydrogen) atoms.